The zero-order valence-electron chi connectivity index (χ0n) is 9.99. The highest BCUT2D eigenvalue weighted by atomic mass is 35.5. The quantitative estimate of drug-likeness (QED) is 0.834. The number of hydrogen-bond acceptors (Lipinski definition) is 4. The van der Waals surface area contributed by atoms with Gasteiger partial charge in [-0.05, 0) is 32.9 Å². The molecular weight excluding hydrogens is 230 g/mol. The summed E-state index contributed by atoms with van der Waals surface area (Å²) in [6.45, 7) is 6.80. The molecule has 0 radical (unpaired) electrons. The minimum absolute atomic E-state index is 0. The number of nitrogens with one attached hydrogen (secondary N) is 1. The van der Waals surface area contributed by atoms with Gasteiger partial charge in [0.15, 0.2) is 0 Å². The molecule has 5 heteroatoms. The normalized spacial score (nSPS) is 10.8. The highest BCUT2D eigenvalue weighted by molar-refractivity contribution is 5.86. The maximum atomic E-state index is 11.1. The van der Waals surface area contributed by atoms with E-state index in [0.717, 1.165) is 5.76 Å². The van der Waals surface area contributed by atoms with Gasteiger partial charge in [-0.25, -0.2) is 4.79 Å². The summed E-state index contributed by atoms with van der Waals surface area (Å²) in [5.74, 6) is 0.519. The van der Waals surface area contributed by atoms with Crippen LogP contribution in [-0.2, 0) is 11.3 Å². The third kappa shape index (κ3) is 4.68. The molecule has 1 aromatic rings. The highest BCUT2D eigenvalue weighted by Gasteiger charge is 2.13. The molecule has 92 valence electrons. The minimum atomic E-state index is -0.447. The lowest BCUT2D eigenvalue weighted by atomic mass is 10.1. The molecular formula is C11H18ClNO3. The number of furan rings is 1. The molecule has 0 atom stereocenters. The molecule has 0 aliphatic heterocycles. The van der Waals surface area contributed by atoms with E-state index in [2.05, 4.69) is 30.8 Å². The van der Waals surface area contributed by atoms with Crippen molar-refractivity contribution in [3.05, 3.63) is 23.7 Å². The van der Waals surface area contributed by atoms with Gasteiger partial charge >= 0.3 is 5.97 Å². The Morgan fingerprint density at radius 1 is 1.44 bits per heavy atom. The van der Waals surface area contributed by atoms with Crippen LogP contribution in [0.5, 0.6) is 0 Å². The molecule has 0 amide bonds. The molecule has 4 nitrogen and oxygen atoms in total. The van der Waals surface area contributed by atoms with Crippen molar-refractivity contribution in [2.75, 3.05) is 7.11 Å². The molecule has 0 saturated heterocycles. The number of halogens is 1. The Labute approximate surface area is 102 Å². The van der Waals surface area contributed by atoms with Gasteiger partial charge in [-0.15, -0.1) is 12.4 Å². The fourth-order valence-electron chi connectivity index (χ4n) is 1.04. The first-order valence-corrected chi connectivity index (χ1v) is 4.84. The van der Waals surface area contributed by atoms with Crippen molar-refractivity contribution in [2.45, 2.75) is 32.9 Å². The number of rotatable bonds is 3. The van der Waals surface area contributed by atoms with Crippen LogP contribution in [0.1, 0.15) is 37.1 Å². The third-order valence-corrected chi connectivity index (χ3v) is 1.84. The summed E-state index contributed by atoms with van der Waals surface area (Å²) in [4.78, 5) is 11.1. The average molecular weight is 248 g/mol. The Balaban J connectivity index is 0.00000225. The fourth-order valence-corrected chi connectivity index (χ4v) is 1.04. The largest absolute Gasteiger partial charge is 0.463 e. The first-order chi connectivity index (χ1) is 6.92. The summed E-state index contributed by atoms with van der Waals surface area (Å²) < 4.78 is 9.84. The second kappa shape index (κ2) is 5.92. The van der Waals surface area contributed by atoms with Gasteiger partial charge in [0.05, 0.1) is 13.7 Å². The van der Waals surface area contributed by atoms with Crippen LogP contribution in [0.4, 0.5) is 0 Å². The number of hydrogen-bond donors (Lipinski definition) is 1. The lowest BCUT2D eigenvalue weighted by molar-refractivity contribution is 0.0562. The van der Waals surface area contributed by atoms with Gasteiger partial charge in [0, 0.05) is 5.54 Å². The van der Waals surface area contributed by atoms with E-state index in [0.29, 0.717) is 6.54 Å². The van der Waals surface area contributed by atoms with E-state index in [9.17, 15) is 4.79 Å². The van der Waals surface area contributed by atoms with Gasteiger partial charge in [-0.1, -0.05) is 0 Å². The summed E-state index contributed by atoms with van der Waals surface area (Å²) in [6.07, 6.45) is 0. The standard InChI is InChI=1S/C11H17NO3.ClH/c1-11(2,3)12-7-8-5-6-9(15-8)10(13)14-4;/h5-6,12H,7H2,1-4H3;1H. The number of ether oxygens (including phenoxy) is 1. The van der Waals surface area contributed by atoms with Crippen molar-refractivity contribution in [2.24, 2.45) is 0 Å². The molecule has 0 bridgehead atoms. The summed E-state index contributed by atoms with van der Waals surface area (Å²) >= 11 is 0. The van der Waals surface area contributed by atoms with Crippen molar-refractivity contribution in [1.29, 1.82) is 0 Å². The Kier molecular flexibility index (Phi) is 5.55. The van der Waals surface area contributed by atoms with E-state index in [-0.39, 0.29) is 23.7 Å². The van der Waals surface area contributed by atoms with Gasteiger partial charge in [-0.2, -0.15) is 0 Å². The fraction of sp³-hybridized carbons (Fsp3) is 0.545. The molecule has 0 aliphatic rings. The molecule has 1 aromatic heterocycles. The van der Waals surface area contributed by atoms with E-state index in [1.54, 1.807) is 12.1 Å². The lowest BCUT2D eigenvalue weighted by Gasteiger charge is -2.19. The number of carbonyl (C=O) groups is 1. The Morgan fingerprint density at radius 3 is 2.56 bits per heavy atom. The Morgan fingerprint density at radius 2 is 2.06 bits per heavy atom. The SMILES string of the molecule is COC(=O)c1ccc(CNC(C)(C)C)o1.Cl. The predicted octanol–water partition coefficient (Wildman–Crippen LogP) is 2.38. The van der Waals surface area contributed by atoms with Crippen molar-refractivity contribution >= 4 is 18.4 Å². The zero-order chi connectivity index (χ0) is 11.5. The molecule has 0 aromatic carbocycles. The maximum absolute atomic E-state index is 11.1. The van der Waals surface area contributed by atoms with Crippen molar-refractivity contribution in [3.63, 3.8) is 0 Å². The van der Waals surface area contributed by atoms with Crippen LogP contribution in [-0.4, -0.2) is 18.6 Å². The van der Waals surface area contributed by atoms with Crippen molar-refractivity contribution in [3.8, 4) is 0 Å². The smallest absolute Gasteiger partial charge is 0.373 e. The predicted molar refractivity (Wildman–Crippen MR) is 63.9 cm³/mol. The lowest BCUT2D eigenvalue weighted by Crippen LogP contribution is -2.34. The molecule has 0 spiro atoms. The van der Waals surface area contributed by atoms with E-state index >= 15 is 0 Å². The van der Waals surface area contributed by atoms with Gasteiger partial charge in [0.25, 0.3) is 0 Å². The van der Waals surface area contributed by atoms with Gasteiger partial charge in [0.2, 0.25) is 5.76 Å². The number of esters is 1. The second-order valence-corrected chi connectivity index (χ2v) is 4.36. The number of carbonyl (C=O) groups excluding carboxylic acids is 1. The molecule has 0 aliphatic carbocycles. The van der Waals surface area contributed by atoms with Gasteiger partial charge in [-0.3, -0.25) is 0 Å². The molecule has 1 rings (SSSR count). The topological polar surface area (TPSA) is 51.5 Å². The molecule has 0 saturated carbocycles. The monoisotopic (exact) mass is 247 g/mol. The van der Waals surface area contributed by atoms with Gasteiger partial charge in [0.1, 0.15) is 5.76 Å². The summed E-state index contributed by atoms with van der Waals surface area (Å²) in [6, 6.07) is 3.39. The van der Waals surface area contributed by atoms with Crippen LogP contribution >= 0.6 is 12.4 Å². The van der Waals surface area contributed by atoms with E-state index in [4.69, 9.17) is 4.42 Å². The Hall–Kier alpha value is -1.00. The van der Waals surface area contributed by atoms with Crippen LogP contribution < -0.4 is 5.32 Å². The Bertz CT molecular complexity index is 341. The second-order valence-electron chi connectivity index (χ2n) is 4.36. The summed E-state index contributed by atoms with van der Waals surface area (Å²) in [5, 5.41) is 3.26. The third-order valence-electron chi connectivity index (χ3n) is 1.84. The first-order valence-electron chi connectivity index (χ1n) is 4.84. The highest BCUT2D eigenvalue weighted by Crippen LogP contribution is 2.10. The molecule has 0 fully saturated rings. The minimum Gasteiger partial charge on any atom is -0.463 e. The van der Waals surface area contributed by atoms with Crippen molar-refractivity contribution < 1.29 is 13.9 Å². The number of methoxy groups -OCH3 is 1. The van der Waals surface area contributed by atoms with E-state index in [1.807, 2.05) is 0 Å². The van der Waals surface area contributed by atoms with Gasteiger partial charge < -0.3 is 14.5 Å². The van der Waals surface area contributed by atoms with Crippen LogP contribution in [0.3, 0.4) is 0 Å². The zero-order valence-corrected chi connectivity index (χ0v) is 10.8. The average Bonchev–Trinajstić information content (AvgIpc) is 2.61. The van der Waals surface area contributed by atoms with E-state index in [1.165, 1.54) is 7.11 Å². The molecule has 1 heterocycles. The maximum Gasteiger partial charge on any atom is 0.373 e. The summed E-state index contributed by atoms with van der Waals surface area (Å²) in [5.41, 5.74) is 0.0260. The van der Waals surface area contributed by atoms with Crippen molar-refractivity contribution in [1.82, 2.24) is 5.32 Å². The van der Waals surface area contributed by atoms with Crippen LogP contribution in [0.25, 0.3) is 0 Å². The van der Waals surface area contributed by atoms with Crippen LogP contribution in [0, 0.1) is 0 Å². The van der Waals surface area contributed by atoms with Crippen LogP contribution in [0.2, 0.25) is 0 Å². The summed E-state index contributed by atoms with van der Waals surface area (Å²) in [7, 11) is 1.33. The molecule has 1 N–H and O–H groups in total. The molecule has 0 unspecified atom stereocenters. The molecule has 16 heavy (non-hydrogen) atoms. The first kappa shape index (κ1) is 15.0. The van der Waals surface area contributed by atoms with Crippen LogP contribution in [0.15, 0.2) is 16.5 Å². The van der Waals surface area contributed by atoms with E-state index < -0.39 is 5.97 Å².